The number of halogens is 1. The molecule has 0 saturated heterocycles. The highest BCUT2D eigenvalue weighted by atomic mass is 79.9. The molecule has 1 saturated carbocycles. The molecule has 0 aliphatic heterocycles. The second-order valence-corrected chi connectivity index (χ2v) is 9.16. The molecule has 4 aromatic rings. The minimum absolute atomic E-state index is 0.0935. The number of hydrazone groups is 1. The molecule has 7 heteroatoms. The molecule has 1 atom stereocenters. The normalized spacial score (nSPS) is 16.1. The van der Waals surface area contributed by atoms with E-state index in [-0.39, 0.29) is 23.0 Å². The lowest BCUT2D eigenvalue weighted by Gasteiger charge is -2.18. The fourth-order valence-electron chi connectivity index (χ4n) is 4.36. The van der Waals surface area contributed by atoms with Crippen LogP contribution < -0.4 is 10.2 Å². The lowest BCUT2D eigenvalue weighted by atomic mass is 9.85. The van der Waals surface area contributed by atoms with Crippen LogP contribution in [0.3, 0.4) is 0 Å². The fraction of sp³-hybridized carbons (Fsp3) is 0.107. The first-order valence-electron chi connectivity index (χ1n) is 11.1. The first-order valence-corrected chi connectivity index (χ1v) is 11.9. The number of rotatable bonds is 7. The van der Waals surface area contributed by atoms with Crippen molar-refractivity contribution in [2.24, 2.45) is 11.0 Å². The van der Waals surface area contributed by atoms with Crippen molar-refractivity contribution in [2.45, 2.75) is 11.8 Å². The number of furan rings is 1. The molecule has 3 aromatic carbocycles. The SMILES string of the molecule is O=C(Oc1ccc(Br)cc1/C=N/NC(=O)C1CC1(c1ccccc1)c1ccccc1)c1ccco1. The highest BCUT2D eigenvalue weighted by Crippen LogP contribution is 2.58. The topological polar surface area (TPSA) is 80.9 Å². The van der Waals surface area contributed by atoms with E-state index in [9.17, 15) is 9.59 Å². The van der Waals surface area contributed by atoms with E-state index in [0.29, 0.717) is 17.7 Å². The molecule has 0 bridgehead atoms. The number of amides is 1. The summed E-state index contributed by atoms with van der Waals surface area (Å²) in [7, 11) is 0. The molecule has 174 valence electrons. The molecule has 1 unspecified atom stereocenters. The van der Waals surface area contributed by atoms with E-state index in [4.69, 9.17) is 9.15 Å². The maximum Gasteiger partial charge on any atom is 0.379 e. The zero-order chi connectivity index (χ0) is 24.3. The van der Waals surface area contributed by atoms with Gasteiger partial charge in [0.25, 0.3) is 0 Å². The highest BCUT2D eigenvalue weighted by Gasteiger charge is 2.60. The molecule has 1 fully saturated rings. The maximum atomic E-state index is 13.1. The molecule has 1 heterocycles. The lowest BCUT2D eigenvalue weighted by Crippen LogP contribution is -2.25. The number of hydrogen-bond donors (Lipinski definition) is 1. The number of esters is 1. The zero-order valence-corrected chi connectivity index (χ0v) is 20.1. The summed E-state index contributed by atoms with van der Waals surface area (Å²) < 4.78 is 11.3. The average Bonchev–Trinajstić information content (AvgIpc) is 3.41. The van der Waals surface area contributed by atoms with Gasteiger partial charge in [-0.2, -0.15) is 5.10 Å². The van der Waals surface area contributed by atoms with E-state index >= 15 is 0 Å². The Morgan fingerprint density at radius 1 is 0.971 bits per heavy atom. The highest BCUT2D eigenvalue weighted by molar-refractivity contribution is 9.10. The van der Waals surface area contributed by atoms with Gasteiger partial charge in [-0.05, 0) is 47.9 Å². The third-order valence-corrected chi connectivity index (χ3v) is 6.62. The number of nitrogens with zero attached hydrogens (tertiary/aromatic N) is 1. The first-order chi connectivity index (χ1) is 17.1. The van der Waals surface area contributed by atoms with Gasteiger partial charge in [-0.15, -0.1) is 0 Å². The molecule has 1 aliphatic rings. The predicted octanol–water partition coefficient (Wildman–Crippen LogP) is 5.72. The van der Waals surface area contributed by atoms with Gasteiger partial charge in [-0.1, -0.05) is 76.6 Å². The number of carbonyl (C=O) groups excluding carboxylic acids is 2. The zero-order valence-electron chi connectivity index (χ0n) is 18.6. The van der Waals surface area contributed by atoms with Crippen molar-refractivity contribution in [2.75, 3.05) is 0 Å². The Balaban J connectivity index is 1.33. The second kappa shape index (κ2) is 9.72. The number of nitrogens with one attached hydrogen (secondary N) is 1. The van der Waals surface area contributed by atoms with Crippen molar-refractivity contribution in [3.05, 3.63) is 124 Å². The van der Waals surface area contributed by atoms with Gasteiger partial charge in [-0.25, -0.2) is 10.2 Å². The lowest BCUT2D eigenvalue weighted by molar-refractivity contribution is -0.122. The molecule has 1 amide bonds. The minimum atomic E-state index is -0.621. The molecule has 1 aliphatic carbocycles. The Bertz CT molecular complexity index is 1330. The van der Waals surface area contributed by atoms with E-state index in [1.807, 2.05) is 36.4 Å². The molecular weight excluding hydrogens is 508 g/mol. The Hall–Kier alpha value is -3.97. The molecule has 35 heavy (non-hydrogen) atoms. The van der Waals surface area contributed by atoms with Gasteiger partial charge < -0.3 is 9.15 Å². The van der Waals surface area contributed by atoms with Crippen LogP contribution in [0.2, 0.25) is 0 Å². The third kappa shape index (κ3) is 4.68. The first kappa shape index (κ1) is 22.8. The van der Waals surface area contributed by atoms with Crippen molar-refractivity contribution in [3.63, 3.8) is 0 Å². The Kier molecular flexibility index (Phi) is 6.33. The van der Waals surface area contributed by atoms with Crippen molar-refractivity contribution in [1.29, 1.82) is 0 Å². The Labute approximate surface area is 210 Å². The summed E-state index contributed by atoms with van der Waals surface area (Å²) in [5.41, 5.74) is 5.03. The smallest absolute Gasteiger partial charge is 0.379 e. The second-order valence-electron chi connectivity index (χ2n) is 8.24. The van der Waals surface area contributed by atoms with Gasteiger partial charge in [0.2, 0.25) is 11.7 Å². The van der Waals surface area contributed by atoms with Crippen LogP contribution in [0, 0.1) is 5.92 Å². The third-order valence-electron chi connectivity index (χ3n) is 6.13. The van der Waals surface area contributed by atoms with Crippen LogP contribution in [-0.4, -0.2) is 18.1 Å². The van der Waals surface area contributed by atoms with Gasteiger partial charge in [0.15, 0.2) is 0 Å². The van der Waals surface area contributed by atoms with Gasteiger partial charge in [-0.3, -0.25) is 4.79 Å². The van der Waals surface area contributed by atoms with Crippen molar-refractivity contribution >= 4 is 34.0 Å². The van der Waals surface area contributed by atoms with Crippen LogP contribution >= 0.6 is 15.9 Å². The molecule has 1 aromatic heterocycles. The molecule has 0 radical (unpaired) electrons. The van der Waals surface area contributed by atoms with Gasteiger partial charge in [0.1, 0.15) is 5.75 Å². The quantitative estimate of drug-likeness (QED) is 0.144. The summed E-state index contributed by atoms with van der Waals surface area (Å²) in [5, 5.41) is 4.17. The van der Waals surface area contributed by atoms with Crippen LogP contribution in [0.1, 0.15) is 33.7 Å². The van der Waals surface area contributed by atoms with E-state index in [0.717, 1.165) is 15.6 Å². The van der Waals surface area contributed by atoms with Crippen molar-refractivity contribution in [1.82, 2.24) is 5.43 Å². The van der Waals surface area contributed by atoms with Gasteiger partial charge >= 0.3 is 5.97 Å². The minimum Gasteiger partial charge on any atom is -0.457 e. The largest absolute Gasteiger partial charge is 0.457 e. The maximum absolute atomic E-state index is 13.1. The number of hydrogen-bond acceptors (Lipinski definition) is 5. The van der Waals surface area contributed by atoms with E-state index in [1.165, 1.54) is 18.5 Å². The monoisotopic (exact) mass is 528 g/mol. The molecule has 6 nitrogen and oxygen atoms in total. The number of carbonyl (C=O) groups is 2. The van der Waals surface area contributed by atoms with Crippen LogP contribution in [-0.2, 0) is 10.2 Å². The summed E-state index contributed by atoms with van der Waals surface area (Å²) >= 11 is 3.41. The van der Waals surface area contributed by atoms with E-state index in [2.05, 4.69) is 50.7 Å². The van der Waals surface area contributed by atoms with Crippen LogP contribution in [0.5, 0.6) is 5.75 Å². The van der Waals surface area contributed by atoms with Gasteiger partial charge in [0.05, 0.1) is 18.4 Å². The molecule has 5 rings (SSSR count). The summed E-state index contributed by atoms with van der Waals surface area (Å²) in [6, 6.07) is 28.4. The fourth-order valence-corrected chi connectivity index (χ4v) is 4.74. The number of ether oxygens (including phenoxy) is 1. The summed E-state index contributed by atoms with van der Waals surface area (Å²) in [6.07, 6.45) is 3.56. The summed E-state index contributed by atoms with van der Waals surface area (Å²) in [4.78, 5) is 25.4. The predicted molar refractivity (Wildman–Crippen MR) is 135 cm³/mol. The summed E-state index contributed by atoms with van der Waals surface area (Å²) in [6.45, 7) is 0. The Morgan fingerprint density at radius 2 is 1.66 bits per heavy atom. The average molecular weight is 529 g/mol. The van der Waals surface area contributed by atoms with Crippen LogP contribution in [0.4, 0.5) is 0 Å². The standard InChI is InChI=1S/C28H21BrN2O4/c29-22-13-14-24(35-27(33)25-12-7-15-34-25)19(16-22)18-30-31-26(32)23-17-28(23,20-8-3-1-4-9-20)21-10-5-2-6-11-21/h1-16,18,23H,17H2,(H,31,32)/b30-18+. The van der Waals surface area contributed by atoms with Gasteiger partial charge in [0, 0.05) is 15.5 Å². The summed E-state index contributed by atoms with van der Waals surface area (Å²) in [5.74, 6) is -0.649. The molecule has 1 N–H and O–H groups in total. The van der Waals surface area contributed by atoms with Crippen LogP contribution in [0.15, 0.2) is 111 Å². The molecular formula is C28H21BrN2O4. The Morgan fingerprint density at radius 3 is 2.29 bits per heavy atom. The van der Waals surface area contributed by atoms with E-state index < -0.39 is 5.97 Å². The number of benzene rings is 3. The molecule has 0 spiro atoms. The van der Waals surface area contributed by atoms with Crippen molar-refractivity contribution in [3.8, 4) is 5.75 Å². The van der Waals surface area contributed by atoms with E-state index in [1.54, 1.807) is 24.3 Å². The van der Waals surface area contributed by atoms with Crippen molar-refractivity contribution < 1.29 is 18.7 Å². The van der Waals surface area contributed by atoms with Crippen LogP contribution in [0.25, 0.3) is 0 Å².